The number of methoxy groups -OCH3 is 1. The summed E-state index contributed by atoms with van der Waals surface area (Å²) in [4.78, 5) is 78.8. The van der Waals surface area contributed by atoms with E-state index in [9.17, 15) is 28.8 Å². The lowest BCUT2D eigenvalue weighted by molar-refractivity contribution is -0.152. The molecule has 0 aromatic carbocycles. The molecule has 2 saturated heterocycles. The lowest BCUT2D eigenvalue weighted by Crippen LogP contribution is -2.65. The Kier molecular flexibility index (Phi) is 12.0. The van der Waals surface area contributed by atoms with Crippen molar-refractivity contribution < 1.29 is 33.5 Å². The van der Waals surface area contributed by atoms with Crippen molar-refractivity contribution in [2.45, 2.75) is 109 Å². The highest BCUT2D eigenvalue weighted by Crippen LogP contribution is 2.22. The van der Waals surface area contributed by atoms with Crippen molar-refractivity contribution in [3.8, 4) is 0 Å². The first-order valence-corrected chi connectivity index (χ1v) is 13.5. The standard InChI is InChI=1S/C26H42N4O7/c1-5-16(3)20-25(35)30-15-11-10-14-19(30)23(33)27-18(13-9-7-8-12-17(31)6-2)22(32)29-21(24(34)28-20)26(36)37-4/h16,18-21H,5-15H2,1-4H3,(H,27,33)(H,28,34)(H,29,32)/t16?,18-,19+,20-,21-/m0/s1. The van der Waals surface area contributed by atoms with Crippen molar-refractivity contribution in [2.24, 2.45) is 5.92 Å². The summed E-state index contributed by atoms with van der Waals surface area (Å²) in [6.07, 6.45) is 5.60. The second-order valence-corrected chi connectivity index (χ2v) is 9.93. The van der Waals surface area contributed by atoms with Gasteiger partial charge >= 0.3 is 5.97 Å². The number of amides is 4. The number of ether oxygens (including phenoxy) is 1. The molecule has 37 heavy (non-hydrogen) atoms. The Bertz CT molecular complexity index is 862. The Hall–Kier alpha value is -2.98. The van der Waals surface area contributed by atoms with E-state index in [1.807, 2.05) is 20.8 Å². The molecule has 0 aromatic rings. The van der Waals surface area contributed by atoms with E-state index in [0.717, 1.165) is 20.0 Å². The van der Waals surface area contributed by atoms with Crippen LogP contribution in [0.2, 0.25) is 0 Å². The van der Waals surface area contributed by atoms with Gasteiger partial charge in [0.05, 0.1) is 7.11 Å². The summed E-state index contributed by atoms with van der Waals surface area (Å²) >= 11 is 0. The molecule has 2 rings (SSSR count). The maximum absolute atomic E-state index is 13.6. The van der Waals surface area contributed by atoms with Crippen LogP contribution in [0.15, 0.2) is 0 Å². The largest absolute Gasteiger partial charge is 0.467 e. The van der Waals surface area contributed by atoms with Gasteiger partial charge in [0.2, 0.25) is 23.8 Å². The zero-order valence-corrected chi connectivity index (χ0v) is 22.5. The van der Waals surface area contributed by atoms with Gasteiger partial charge in [-0.3, -0.25) is 24.0 Å². The highest BCUT2D eigenvalue weighted by atomic mass is 16.5. The predicted octanol–water partition coefficient (Wildman–Crippen LogP) is 0.984. The Morgan fingerprint density at radius 1 is 0.973 bits per heavy atom. The van der Waals surface area contributed by atoms with Crippen molar-refractivity contribution in [2.75, 3.05) is 13.7 Å². The number of fused-ring (bicyclic) bond motifs is 1. The maximum atomic E-state index is 13.6. The van der Waals surface area contributed by atoms with Gasteiger partial charge in [0.15, 0.2) is 0 Å². The third kappa shape index (κ3) is 8.26. The van der Waals surface area contributed by atoms with Crippen LogP contribution < -0.4 is 16.0 Å². The van der Waals surface area contributed by atoms with Crippen molar-refractivity contribution in [3.63, 3.8) is 0 Å². The van der Waals surface area contributed by atoms with Gasteiger partial charge in [-0.2, -0.15) is 0 Å². The minimum Gasteiger partial charge on any atom is -0.467 e. The van der Waals surface area contributed by atoms with Crippen LogP contribution in [0.3, 0.4) is 0 Å². The molecule has 2 heterocycles. The molecule has 2 aliphatic rings. The molecule has 3 N–H and O–H groups in total. The molecular weight excluding hydrogens is 480 g/mol. The quantitative estimate of drug-likeness (QED) is 0.220. The monoisotopic (exact) mass is 522 g/mol. The number of hydrogen-bond donors (Lipinski definition) is 3. The van der Waals surface area contributed by atoms with E-state index in [-0.39, 0.29) is 24.0 Å². The van der Waals surface area contributed by atoms with E-state index >= 15 is 0 Å². The fourth-order valence-electron chi connectivity index (χ4n) is 4.72. The van der Waals surface area contributed by atoms with E-state index < -0.39 is 47.9 Å². The number of hydrogen-bond acceptors (Lipinski definition) is 7. The van der Waals surface area contributed by atoms with Crippen LogP contribution in [0.4, 0.5) is 0 Å². The SMILES string of the molecule is CCC(=O)CCCCC[C@@H]1NC(=O)[C@H]2CCCCN2C(=O)[C@H](C(C)CC)NC(=O)[C@@H](C(=O)OC)NC1=O. The first kappa shape index (κ1) is 30.2. The van der Waals surface area contributed by atoms with Crippen LogP contribution in [0.1, 0.15) is 85.0 Å². The first-order chi connectivity index (χ1) is 17.6. The van der Waals surface area contributed by atoms with E-state index in [1.165, 1.54) is 4.90 Å². The van der Waals surface area contributed by atoms with Crippen molar-refractivity contribution in [3.05, 3.63) is 0 Å². The molecule has 2 aliphatic heterocycles. The molecule has 0 aliphatic carbocycles. The Morgan fingerprint density at radius 2 is 1.70 bits per heavy atom. The number of piperidine rings is 1. The van der Waals surface area contributed by atoms with Gasteiger partial charge in [-0.1, -0.05) is 40.0 Å². The highest BCUT2D eigenvalue weighted by molar-refractivity contribution is 6.07. The fraction of sp³-hybridized carbons (Fsp3) is 0.769. The number of rotatable bonds is 10. The smallest absolute Gasteiger partial charge is 0.338 e. The summed E-state index contributed by atoms with van der Waals surface area (Å²) in [5.74, 6) is -3.41. The van der Waals surface area contributed by atoms with Crippen LogP contribution in [-0.2, 0) is 33.5 Å². The molecule has 0 spiro atoms. The third-order valence-electron chi connectivity index (χ3n) is 7.33. The second-order valence-electron chi connectivity index (χ2n) is 9.93. The van der Waals surface area contributed by atoms with Gasteiger partial charge in [0, 0.05) is 19.4 Å². The first-order valence-electron chi connectivity index (χ1n) is 13.5. The van der Waals surface area contributed by atoms with Gasteiger partial charge in [-0.25, -0.2) is 4.79 Å². The summed E-state index contributed by atoms with van der Waals surface area (Å²) in [6, 6.07) is -4.40. The molecular formula is C26H42N4O7. The minimum atomic E-state index is -1.67. The summed E-state index contributed by atoms with van der Waals surface area (Å²) < 4.78 is 4.74. The normalized spacial score (nSPS) is 26.0. The summed E-state index contributed by atoms with van der Waals surface area (Å²) in [5.41, 5.74) is 0. The fourth-order valence-corrected chi connectivity index (χ4v) is 4.72. The molecule has 0 saturated carbocycles. The number of unbranched alkanes of at least 4 members (excludes halogenated alkanes) is 2. The summed E-state index contributed by atoms with van der Waals surface area (Å²) in [6.45, 7) is 5.86. The van der Waals surface area contributed by atoms with Crippen molar-refractivity contribution in [1.29, 1.82) is 0 Å². The van der Waals surface area contributed by atoms with Gasteiger partial charge in [0.25, 0.3) is 5.91 Å². The Balaban J connectivity index is 2.34. The summed E-state index contributed by atoms with van der Waals surface area (Å²) in [7, 11) is 1.10. The Morgan fingerprint density at radius 3 is 2.35 bits per heavy atom. The molecule has 0 aromatic heterocycles. The average molecular weight is 523 g/mol. The molecule has 4 amide bonds. The van der Waals surface area contributed by atoms with Gasteiger partial charge < -0.3 is 25.6 Å². The van der Waals surface area contributed by atoms with E-state index in [0.29, 0.717) is 51.5 Å². The van der Waals surface area contributed by atoms with Crippen LogP contribution >= 0.6 is 0 Å². The second kappa shape index (κ2) is 14.7. The molecule has 0 radical (unpaired) electrons. The van der Waals surface area contributed by atoms with Crippen LogP contribution in [-0.4, -0.2) is 78.1 Å². The van der Waals surface area contributed by atoms with E-state index in [4.69, 9.17) is 4.74 Å². The molecule has 11 nitrogen and oxygen atoms in total. The number of ketones is 1. The third-order valence-corrected chi connectivity index (χ3v) is 7.33. The maximum Gasteiger partial charge on any atom is 0.338 e. The average Bonchev–Trinajstić information content (AvgIpc) is 2.91. The number of Topliss-reactive ketones (excluding diaryl/α,β-unsaturated/α-hetero) is 1. The summed E-state index contributed by atoms with van der Waals surface area (Å²) in [5, 5.41) is 7.84. The molecule has 208 valence electrons. The molecule has 1 unspecified atom stereocenters. The number of esters is 1. The van der Waals surface area contributed by atoms with Gasteiger partial charge in [-0.05, 0) is 38.0 Å². The highest BCUT2D eigenvalue weighted by Gasteiger charge is 2.42. The van der Waals surface area contributed by atoms with Gasteiger partial charge in [0.1, 0.15) is 23.9 Å². The molecule has 5 atom stereocenters. The van der Waals surface area contributed by atoms with Crippen molar-refractivity contribution in [1.82, 2.24) is 20.9 Å². The number of carbonyl (C=O) groups excluding carboxylic acids is 6. The lowest BCUT2D eigenvalue weighted by Gasteiger charge is -2.39. The number of carbonyl (C=O) groups is 6. The zero-order chi connectivity index (χ0) is 27.5. The van der Waals surface area contributed by atoms with Crippen molar-refractivity contribution >= 4 is 35.4 Å². The lowest BCUT2D eigenvalue weighted by atomic mass is 9.93. The Labute approximate surface area is 218 Å². The van der Waals surface area contributed by atoms with E-state index in [2.05, 4.69) is 16.0 Å². The van der Waals surface area contributed by atoms with Crippen LogP contribution in [0.5, 0.6) is 0 Å². The van der Waals surface area contributed by atoms with E-state index in [1.54, 1.807) is 0 Å². The van der Waals surface area contributed by atoms with Crippen LogP contribution in [0.25, 0.3) is 0 Å². The number of nitrogens with one attached hydrogen (secondary N) is 3. The molecule has 0 bridgehead atoms. The predicted molar refractivity (Wildman–Crippen MR) is 135 cm³/mol. The minimum absolute atomic E-state index is 0.168. The van der Waals surface area contributed by atoms with Gasteiger partial charge in [-0.15, -0.1) is 0 Å². The molecule has 11 heteroatoms. The zero-order valence-electron chi connectivity index (χ0n) is 22.5. The van der Waals surface area contributed by atoms with Crippen LogP contribution in [0, 0.1) is 5.92 Å². The topological polar surface area (TPSA) is 151 Å². The molecule has 2 fully saturated rings. The number of nitrogens with zero attached hydrogens (tertiary/aromatic N) is 1.